The Labute approximate surface area is 173 Å². The van der Waals surface area contributed by atoms with Crippen molar-refractivity contribution in [3.63, 3.8) is 0 Å². The zero-order valence-electron chi connectivity index (χ0n) is 18.4. The number of hydrogen-bond acceptors (Lipinski definition) is 3. The van der Waals surface area contributed by atoms with Gasteiger partial charge in [-0.05, 0) is 38.5 Å². The highest BCUT2D eigenvalue weighted by Gasteiger charge is 2.21. The minimum atomic E-state index is -0.890. The van der Waals surface area contributed by atoms with Gasteiger partial charge >= 0.3 is 11.9 Å². The Bertz CT molecular complexity index is 403. The molecule has 1 N–H and O–H groups in total. The highest BCUT2D eigenvalue weighted by Crippen LogP contribution is 2.16. The third kappa shape index (κ3) is 18.1. The van der Waals surface area contributed by atoms with Gasteiger partial charge in [-0.25, -0.2) is 0 Å². The Morgan fingerprint density at radius 3 is 1.86 bits per heavy atom. The van der Waals surface area contributed by atoms with E-state index in [9.17, 15) is 14.7 Å². The molecule has 0 aliphatic heterocycles. The molecule has 1 unspecified atom stereocenters. The first-order valence-corrected chi connectivity index (χ1v) is 11.6. The fourth-order valence-electron chi connectivity index (χ4n) is 3.25. The highest BCUT2D eigenvalue weighted by atomic mass is 16.5. The number of carboxylic acids is 1. The van der Waals surface area contributed by atoms with Gasteiger partial charge in [-0.15, -0.1) is 0 Å². The van der Waals surface area contributed by atoms with Crippen LogP contribution in [-0.2, 0) is 14.3 Å². The van der Waals surface area contributed by atoms with Crippen LogP contribution in [0.15, 0.2) is 12.2 Å². The van der Waals surface area contributed by atoms with Crippen molar-refractivity contribution in [3.8, 4) is 0 Å². The summed E-state index contributed by atoms with van der Waals surface area (Å²) in [6.07, 6.45) is 21.9. The molecule has 0 radical (unpaired) electrons. The third-order valence-corrected chi connectivity index (χ3v) is 5.04. The Kier molecular flexibility index (Phi) is 19.5. The van der Waals surface area contributed by atoms with E-state index in [1.165, 1.54) is 57.8 Å². The molecule has 0 fully saturated rings. The van der Waals surface area contributed by atoms with Crippen molar-refractivity contribution in [2.45, 2.75) is 117 Å². The Balaban J connectivity index is 3.56. The van der Waals surface area contributed by atoms with Crippen LogP contribution in [0.4, 0.5) is 0 Å². The summed E-state index contributed by atoms with van der Waals surface area (Å²) in [5.74, 6) is -1.89. The fraction of sp³-hybridized carbons (Fsp3) is 0.833. The number of aliphatic carboxylic acids is 1. The topological polar surface area (TPSA) is 63.6 Å². The van der Waals surface area contributed by atoms with Gasteiger partial charge in [0.1, 0.15) is 0 Å². The first kappa shape index (κ1) is 26.7. The molecule has 4 nitrogen and oxygen atoms in total. The van der Waals surface area contributed by atoms with E-state index in [2.05, 4.69) is 19.1 Å². The molecular weight excluding hydrogens is 352 g/mol. The van der Waals surface area contributed by atoms with Crippen molar-refractivity contribution in [3.05, 3.63) is 12.2 Å². The highest BCUT2D eigenvalue weighted by molar-refractivity contribution is 5.78. The van der Waals surface area contributed by atoms with E-state index >= 15 is 0 Å². The molecule has 0 bridgehead atoms. The molecular formula is C24H44O4. The lowest BCUT2D eigenvalue weighted by atomic mass is 9.97. The monoisotopic (exact) mass is 396 g/mol. The number of carbonyl (C=O) groups is 2. The van der Waals surface area contributed by atoms with Gasteiger partial charge in [0.2, 0.25) is 0 Å². The van der Waals surface area contributed by atoms with Crippen molar-refractivity contribution in [1.82, 2.24) is 0 Å². The molecule has 0 aromatic carbocycles. The predicted octanol–water partition coefficient (Wildman–Crippen LogP) is 7.07. The second-order valence-corrected chi connectivity index (χ2v) is 7.83. The van der Waals surface area contributed by atoms with Crippen LogP contribution < -0.4 is 0 Å². The first-order chi connectivity index (χ1) is 13.6. The van der Waals surface area contributed by atoms with E-state index in [1.54, 1.807) is 0 Å². The molecule has 0 heterocycles. The summed E-state index contributed by atoms with van der Waals surface area (Å²) in [6.45, 7) is 4.55. The van der Waals surface area contributed by atoms with Gasteiger partial charge in [-0.3, -0.25) is 9.59 Å². The van der Waals surface area contributed by atoms with Crippen LogP contribution >= 0.6 is 0 Å². The molecule has 0 aliphatic carbocycles. The molecule has 0 saturated carbocycles. The van der Waals surface area contributed by atoms with Crippen LogP contribution in [-0.4, -0.2) is 23.7 Å². The largest absolute Gasteiger partial charge is 0.481 e. The van der Waals surface area contributed by atoms with Gasteiger partial charge in [-0.2, -0.15) is 0 Å². The van der Waals surface area contributed by atoms with Crippen LogP contribution in [0.1, 0.15) is 117 Å². The standard InChI is InChI=1S/C24H44O4/c1-3-5-6-7-8-9-10-11-12-13-14-15-16-17-18-19-22(24(26)27)21-23(25)28-20-4-2/h13-14,22H,3-12,15-21H2,1-2H3,(H,26,27)/b14-13+. The molecule has 4 heteroatoms. The van der Waals surface area contributed by atoms with Gasteiger partial charge < -0.3 is 9.84 Å². The second kappa shape index (κ2) is 20.4. The normalized spacial score (nSPS) is 12.4. The quantitative estimate of drug-likeness (QED) is 0.136. The Hall–Kier alpha value is -1.32. The number of esters is 1. The van der Waals surface area contributed by atoms with Crippen molar-refractivity contribution >= 4 is 11.9 Å². The molecule has 0 rings (SSSR count). The van der Waals surface area contributed by atoms with Crippen molar-refractivity contribution in [1.29, 1.82) is 0 Å². The number of ether oxygens (including phenoxy) is 1. The average Bonchev–Trinajstić information content (AvgIpc) is 2.68. The molecule has 0 aromatic rings. The maximum absolute atomic E-state index is 11.6. The summed E-state index contributed by atoms with van der Waals surface area (Å²) in [4.78, 5) is 22.9. The number of carboxylic acid groups (broad SMARTS) is 1. The van der Waals surface area contributed by atoms with Crippen LogP contribution in [0.2, 0.25) is 0 Å². The van der Waals surface area contributed by atoms with Crippen LogP contribution in [0, 0.1) is 5.92 Å². The first-order valence-electron chi connectivity index (χ1n) is 11.6. The molecule has 0 aromatic heterocycles. The lowest BCUT2D eigenvalue weighted by Crippen LogP contribution is -2.19. The zero-order chi connectivity index (χ0) is 20.9. The molecule has 0 amide bonds. The Morgan fingerprint density at radius 1 is 0.786 bits per heavy atom. The van der Waals surface area contributed by atoms with Crippen molar-refractivity contribution in [2.24, 2.45) is 5.92 Å². The van der Waals surface area contributed by atoms with E-state index in [0.29, 0.717) is 13.0 Å². The SMILES string of the molecule is CCCCCCCCCC/C=C/CCCCCC(CC(=O)OCCC)C(=O)O. The van der Waals surface area contributed by atoms with Crippen LogP contribution in [0.5, 0.6) is 0 Å². The predicted molar refractivity (Wildman–Crippen MR) is 116 cm³/mol. The van der Waals surface area contributed by atoms with E-state index in [1.807, 2.05) is 6.92 Å². The minimum absolute atomic E-state index is 0.00611. The van der Waals surface area contributed by atoms with E-state index in [-0.39, 0.29) is 6.42 Å². The van der Waals surface area contributed by atoms with Crippen molar-refractivity contribution in [2.75, 3.05) is 6.61 Å². The maximum Gasteiger partial charge on any atom is 0.307 e. The maximum atomic E-state index is 11.6. The summed E-state index contributed by atoms with van der Waals surface area (Å²) >= 11 is 0. The average molecular weight is 397 g/mol. The summed E-state index contributed by atoms with van der Waals surface area (Å²) in [5.41, 5.74) is 0. The molecule has 164 valence electrons. The zero-order valence-corrected chi connectivity index (χ0v) is 18.4. The smallest absolute Gasteiger partial charge is 0.307 e. The van der Waals surface area contributed by atoms with Gasteiger partial charge in [0.25, 0.3) is 0 Å². The molecule has 0 spiro atoms. The fourth-order valence-corrected chi connectivity index (χ4v) is 3.25. The van der Waals surface area contributed by atoms with Crippen molar-refractivity contribution < 1.29 is 19.4 Å². The minimum Gasteiger partial charge on any atom is -0.481 e. The number of allylic oxidation sites excluding steroid dienone is 2. The molecule has 0 aliphatic rings. The second-order valence-electron chi connectivity index (χ2n) is 7.83. The third-order valence-electron chi connectivity index (χ3n) is 5.04. The van der Waals surface area contributed by atoms with Gasteiger partial charge in [0.05, 0.1) is 18.9 Å². The molecule has 28 heavy (non-hydrogen) atoms. The summed E-state index contributed by atoms with van der Waals surface area (Å²) in [7, 11) is 0. The van der Waals surface area contributed by atoms with Gasteiger partial charge in [-0.1, -0.05) is 83.8 Å². The van der Waals surface area contributed by atoms with Gasteiger partial charge in [0, 0.05) is 0 Å². The summed E-state index contributed by atoms with van der Waals surface area (Å²) in [6, 6.07) is 0. The van der Waals surface area contributed by atoms with E-state index in [4.69, 9.17) is 4.74 Å². The van der Waals surface area contributed by atoms with Gasteiger partial charge in [0.15, 0.2) is 0 Å². The summed E-state index contributed by atoms with van der Waals surface area (Å²) < 4.78 is 4.99. The number of hydrogen-bond donors (Lipinski definition) is 1. The van der Waals surface area contributed by atoms with E-state index < -0.39 is 17.9 Å². The molecule has 1 atom stereocenters. The Morgan fingerprint density at radius 2 is 1.32 bits per heavy atom. The summed E-state index contributed by atoms with van der Waals surface area (Å²) in [5, 5.41) is 9.24. The number of rotatable bonds is 20. The lowest BCUT2D eigenvalue weighted by Gasteiger charge is -2.11. The van der Waals surface area contributed by atoms with Crippen LogP contribution in [0.25, 0.3) is 0 Å². The number of carbonyl (C=O) groups excluding carboxylic acids is 1. The number of unbranched alkanes of at least 4 members (excludes halogenated alkanes) is 11. The van der Waals surface area contributed by atoms with Crippen LogP contribution in [0.3, 0.4) is 0 Å². The molecule has 0 saturated heterocycles. The lowest BCUT2D eigenvalue weighted by molar-refractivity contribution is -0.151. The van der Waals surface area contributed by atoms with E-state index in [0.717, 1.165) is 32.1 Å².